The maximum absolute atomic E-state index is 10.6. The predicted molar refractivity (Wildman–Crippen MR) is 68.9 cm³/mol. The fourth-order valence-corrected chi connectivity index (χ4v) is 1.78. The summed E-state index contributed by atoms with van der Waals surface area (Å²) >= 11 is 3.10. The van der Waals surface area contributed by atoms with Crippen LogP contribution in [0.4, 0.5) is 5.82 Å². The Balaban J connectivity index is 2.54. The maximum atomic E-state index is 10.6. The van der Waals surface area contributed by atoms with E-state index in [1.54, 1.807) is 6.20 Å². The SMILES string of the molecule is C=C(CNCCC)Cn1cc(Br)c([N+](=O)[O-])n1. The van der Waals surface area contributed by atoms with Crippen LogP contribution in [0.5, 0.6) is 0 Å². The van der Waals surface area contributed by atoms with Crippen LogP contribution in [0.15, 0.2) is 22.8 Å². The molecule has 0 spiro atoms. The Morgan fingerprint density at radius 3 is 3.00 bits per heavy atom. The number of rotatable bonds is 7. The molecule has 7 heteroatoms. The van der Waals surface area contributed by atoms with Crippen molar-refractivity contribution in [2.75, 3.05) is 13.1 Å². The van der Waals surface area contributed by atoms with E-state index in [0.717, 1.165) is 18.5 Å². The molecule has 0 bridgehead atoms. The Labute approximate surface area is 108 Å². The van der Waals surface area contributed by atoms with Gasteiger partial charge in [-0.25, -0.2) is 0 Å². The molecule has 17 heavy (non-hydrogen) atoms. The number of hydrogen-bond donors (Lipinski definition) is 1. The molecule has 0 saturated heterocycles. The second-order valence-electron chi connectivity index (χ2n) is 3.68. The standard InChI is InChI=1S/C10H15BrN4O2/c1-3-4-12-5-8(2)6-14-7-9(11)10(13-14)15(16)17/h7,12H,2-6H2,1H3. The Morgan fingerprint density at radius 2 is 2.47 bits per heavy atom. The first kappa shape index (κ1) is 13.9. The van der Waals surface area contributed by atoms with Crippen LogP contribution in [-0.2, 0) is 6.54 Å². The fourth-order valence-electron chi connectivity index (χ4n) is 1.32. The normalized spacial score (nSPS) is 10.5. The Morgan fingerprint density at radius 1 is 1.76 bits per heavy atom. The minimum atomic E-state index is -0.515. The predicted octanol–water partition coefficient (Wildman–Crippen LogP) is 2.11. The molecule has 0 amide bonds. The number of nitrogens with zero attached hydrogens (tertiary/aromatic N) is 3. The van der Waals surface area contributed by atoms with Gasteiger partial charge in [-0.15, -0.1) is 0 Å². The Kier molecular flexibility index (Phi) is 5.30. The van der Waals surface area contributed by atoms with Crippen LogP contribution < -0.4 is 5.32 Å². The van der Waals surface area contributed by atoms with Gasteiger partial charge in [0.25, 0.3) is 0 Å². The van der Waals surface area contributed by atoms with Crippen LogP contribution in [0.2, 0.25) is 0 Å². The highest BCUT2D eigenvalue weighted by Crippen LogP contribution is 2.22. The van der Waals surface area contributed by atoms with Crippen LogP contribution in [-0.4, -0.2) is 27.8 Å². The summed E-state index contributed by atoms with van der Waals surface area (Å²) in [6.45, 7) is 8.09. The van der Waals surface area contributed by atoms with Gasteiger partial charge in [0.15, 0.2) is 0 Å². The summed E-state index contributed by atoms with van der Waals surface area (Å²) in [5.41, 5.74) is 0.934. The zero-order chi connectivity index (χ0) is 12.8. The minimum absolute atomic E-state index is 0.167. The lowest BCUT2D eigenvalue weighted by Gasteiger charge is -2.04. The van der Waals surface area contributed by atoms with E-state index in [4.69, 9.17) is 0 Å². The van der Waals surface area contributed by atoms with Crippen LogP contribution in [0, 0.1) is 10.1 Å². The molecular weight excluding hydrogens is 288 g/mol. The van der Waals surface area contributed by atoms with Gasteiger partial charge < -0.3 is 15.4 Å². The van der Waals surface area contributed by atoms with Crippen molar-refractivity contribution in [1.82, 2.24) is 15.1 Å². The van der Waals surface area contributed by atoms with Crippen molar-refractivity contribution in [2.45, 2.75) is 19.9 Å². The number of aromatic nitrogens is 2. The highest BCUT2D eigenvalue weighted by molar-refractivity contribution is 9.10. The zero-order valence-electron chi connectivity index (χ0n) is 9.65. The topological polar surface area (TPSA) is 73.0 Å². The highest BCUT2D eigenvalue weighted by atomic mass is 79.9. The minimum Gasteiger partial charge on any atom is -0.358 e. The first-order chi connectivity index (χ1) is 8.04. The van der Waals surface area contributed by atoms with Gasteiger partial charge in [0, 0.05) is 6.54 Å². The maximum Gasteiger partial charge on any atom is 0.404 e. The lowest BCUT2D eigenvalue weighted by atomic mass is 10.3. The van der Waals surface area contributed by atoms with E-state index in [0.29, 0.717) is 17.6 Å². The third-order valence-electron chi connectivity index (χ3n) is 2.06. The van der Waals surface area contributed by atoms with Crippen LogP contribution in [0.1, 0.15) is 13.3 Å². The summed E-state index contributed by atoms with van der Waals surface area (Å²) in [7, 11) is 0. The number of nitrogens with one attached hydrogen (secondary N) is 1. The monoisotopic (exact) mass is 302 g/mol. The zero-order valence-corrected chi connectivity index (χ0v) is 11.2. The summed E-state index contributed by atoms with van der Waals surface area (Å²) in [6.07, 6.45) is 2.65. The molecule has 0 saturated carbocycles. The van der Waals surface area contributed by atoms with Gasteiger partial charge in [0.1, 0.15) is 4.47 Å². The quantitative estimate of drug-likeness (QED) is 0.362. The van der Waals surface area contributed by atoms with Gasteiger partial charge in [0.05, 0.1) is 17.8 Å². The molecule has 6 nitrogen and oxygen atoms in total. The van der Waals surface area contributed by atoms with Crippen LogP contribution >= 0.6 is 15.9 Å². The Hall–Kier alpha value is -1.21. The molecule has 0 fully saturated rings. The summed E-state index contributed by atoms with van der Waals surface area (Å²) in [5, 5.41) is 17.7. The van der Waals surface area contributed by atoms with Gasteiger partial charge in [-0.3, -0.25) is 0 Å². The lowest BCUT2D eigenvalue weighted by molar-refractivity contribution is -0.390. The third-order valence-corrected chi connectivity index (χ3v) is 2.62. The van der Waals surface area contributed by atoms with Crippen molar-refractivity contribution in [1.29, 1.82) is 0 Å². The molecule has 1 rings (SSSR count). The van der Waals surface area contributed by atoms with Crippen molar-refractivity contribution < 1.29 is 4.92 Å². The molecule has 0 aliphatic rings. The summed E-state index contributed by atoms with van der Waals surface area (Å²) in [5.74, 6) is -0.167. The highest BCUT2D eigenvalue weighted by Gasteiger charge is 2.18. The number of nitro groups is 1. The van der Waals surface area contributed by atoms with E-state index in [2.05, 4.69) is 39.8 Å². The van der Waals surface area contributed by atoms with Gasteiger partial charge in [-0.2, -0.15) is 4.68 Å². The van der Waals surface area contributed by atoms with Crippen molar-refractivity contribution in [3.63, 3.8) is 0 Å². The van der Waals surface area contributed by atoms with Crippen molar-refractivity contribution in [2.24, 2.45) is 0 Å². The third kappa shape index (κ3) is 4.27. The molecule has 1 aromatic heterocycles. The van der Waals surface area contributed by atoms with Crippen LogP contribution in [0.25, 0.3) is 0 Å². The molecule has 0 radical (unpaired) electrons. The molecule has 0 aliphatic heterocycles. The van der Waals surface area contributed by atoms with Crippen LogP contribution in [0.3, 0.4) is 0 Å². The summed E-state index contributed by atoms with van der Waals surface area (Å²) in [6, 6.07) is 0. The second kappa shape index (κ2) is 6.51. The van der Waals surface area contributed by atoms with Gasteiger partial charge in [-0.05, 0) is 39.4 Å². The molecule has 0 aromatic carbocycles. The first-order valence-electron chi connectivity index (χ1n) is 5.29. The van der Waals surface area contributed by atoms with E-state index in [-0.39, 0.29) is 5.82 Å². The van der Waals surface area contributed by atoms with E-state index < -0.39 is 4.92 Å². The van der Waals surface area contributed by atoms with Crippen molar-refractivity contribution in [3.8, 4) is 0 Å². The Bertz CT molecular complexity index is 416. The molecule has 1 heterocycles. The van der Waals surface area contributed by atoms with Crippen molar-refractivity contribution in [3.05, 3.63) is 32.9 Å². The second-order valence-corrected chi connectivity index (χ2v) is 4.54. The average Bonchev–Trinajstić information content (AvgIpc) is 2.60. The van der Waals surface area contributed by atoms with Crippen molar-refractivity contribution >= 4 is 21.7 Å². The van der Waals surface area contributed by atoms with E-state index in [1.807, 2.05) is 0 Å². The van der Waals surface area contributed by atoms with E-state index in [1.165, 1.54) is 4.68 Å². The molecule has 1 aromatic rings. The molecule has 0 aliphatic carbocycles. The number of hydrogen-bond acceptors (Lipinski definition) is 4. The first-order valence-corrected chi connectivity index (χ1v) is 6.08. The van der Waals surface area contributed by atoms with Gasteiger partial charge >= 0.3 is 5.82 Å². The average molecular weight is 303 g/mol. The molecule has 0 atom stereocenters. The smallest absolute Gasteiger partial charge is 0.358 e. The summed E-state index contributed by atoms with van der Waals surface area (Å²) in [4.78, 5) is 10.1. The van der Waals surface area contributed by atoms with E-state index >= 15 is 0 Å². The fraction of sp³-hybridized carbons (Fsp3) is 0.500. The molecule has 94 valence electrons. The van der Waals surface area contributed by atoms with Gasteiger partial charge in [-0.1, -0.05) is 13.5 Å². The number of halogens is 1. The van der Waals surface area contributed by atoms with E-state index in [9.17, 15) is 10.1 Å². The lowest BCUT2D eigenvalue weighted by Crippen LogP contribution is -2.19. The molecule has 1 N–H and O–H groups in total. The van der Waals surface area contributed by atoms with Gasteiger partial charge in [0.2, 0.25) is 0 Å². The molecular formula is C10H15BrN4O2. The molecule has 0 unspecified atom stereocenters. The largest absolute Gasteiger partial charge is 0.404 e. The summed E-state index contributed by atoms with van der Waals surface area (Å²) < 4.78 is 1.90.